The van der Waals surface area contributed by atoms with Gasteiger partial charge in [-0.25, -0.2) is 4.79 Å². The largest absolute Gasteiger partial charge is 0.481 e. The number of carbonyl (C=O) groups excluding carboxylic acids is 1. The number of amides is 2. The number of hydrogen-bond donors (Lipinski definition) is 2. The van der Waals surface area contributed by atoms with E-state index in [1.54, 1.807) is 18.4 Å². The summed E-state index contributed by atoms with van der Waals surface area (Å²) in [6, 6.07) is 3.62. The van der Waals surface area contributed by atoms with Crippen molar-refractivity contribution in [1.82, 2.24) is 10.2 Å². The third-order valence-electron chi connectivity index (χ3n) is 1.93. The molecule has 1 heterocycles. The van der Waals surface area contributed by atoms with Crippen LogP contribution in [0.4, 0.5) is 4.79 Å². The van der Waals surface area contributed by atoms with Crippen LogP contribution in [0.5, 0.6) is 0 Å². The molecule has 0 atom stereocenters. The van der Waals surface area contributed by atoms with Crippen molar-refractivity contribution in [3.8, 4) is 0 Å². The maximum atomic E-state index is 11.5. The van der Waals surface area contributed by atoms with Crippen molar-refractivity contribution in [2.45, 2.75) is 13.0 Å². The molecule has 0 saturated heterocycles. The van der Waals surface area contributed by atoms with Crippen LogP contribution in [-0.4, -0.2) is 35.6 Å². The number of thiophene rings is 1. The van der Waals surface area contributed by atoms with Crippen LogP contribution in [0, 0.1) is 0 Å². The molecule has 2 amide bonds. The number of carboxylic acids is 1. The smallest absolute Gasteiger partial charge is 0.317 e. The minimum atomic E-state index is -0.916. The van der Waals surface area contributed by atoms with E-state index in [4.69, 9.17) is 5.11 Å². The Morgan fingerprint density at radius 3 is 2.88 bits per heavy atom. The van der Waals surface area contributed by atoms with Gasteiger partial charge in [0.05, 0.1) is 13.0 Å². The van der Waals surface area contributed by atoms with Crippen LogP contribution in [0.2, 0.25) is 0 Å². The molecule has 1 aromatic rings. The molecule has 0 aliphatic carbocycles. The Hall–Kier alpha value is -1.56. The maximum Gasteiger partial charge on any atom is 0.317 e. The Morgan fingerprint density at radius 1 is 1.56 bits per heavy atom. The lowest BCUT2D eigenvalue weighted by molar-refractivity contribution is -0.136. The molecule has 2 N–H and O–H groups in total. The Balaban J connectivity index is 2.28. The van der Waals surface area contributed by atoms with Gasteiger partial charge in [0.1, 0.15) is 0 Å². The number of rotatable bonds is 5. The first kappa shape index (κ1) is 12.5. The van der Waals surface area contributed by atoms with E-state index >= 15 is 0 Å². The molecule has 0 saturated carbocycles. The maximum absolute atomic E-state index is 11.5. The van der Waals surface area contributed by atoms with Crippen LogP contribution in [0.1, 0.15) is 11.3 Å². The third-order valence-corrected chi connectivity index (χ3v) is 2.80. The summed E-state index contributed by atoms with van der Waals surface area (Å²) in [5.74, 6) is -0.916. The van der Waals surface area contributed by atoms with Crippen molar-refractivity contribution in [3.63, 3.8) is 0 Å². The molecule has 5 nitrogen and oxygen atoms in total. The summed E-state index contributed by atoms with van der Waals surface area (Å²) in [6.07, 6.45) is -0.0570. The van der Waals surface area contributed by atoms with Gasteiger partial charge < -0.3 is 15.3 Å². The van der Waals surface area contributed by atoms with E-state index in [-0.39, 0.29) is 19.0 Å². The number of carbonyl (C=O) groups is 2. The summed E-state index contributed by atoms with van der Waals surface area (Å²) in [7, 11) is 1.68. The van der Waals surface area contributed by atoms with E-state index in [2.05, 4.69) is 5.32 Å². The topological polar surface area (TPSA) is 69.6 Å². The van der Waals surface area contributed by atoms with Crippen molar-refractivity contribution < 1.29 is 14.7 Å². The fourth-order valence-corrected chi connectivity index (χ4v) is 1.88. The minimum absolute atomic E-state index is 0.0570. The van der Waals surface area contributed by atoms with Crippen LogP contribution in [0.25, 0.3) is 0 Å². The average molecular weight is 242 g/mol. The molecule has 0 radical (unpaired) electrons. The first-order valence-corrected chi connectivity index (χ1v) is 5.70. The molecule has 0 fully saturated rings. The minimum Gasteiger partial charge on any atom is -0.481 e. The zero-order valence-electron chi connectivity index (χ0n) is 8.97. The van der Waals surface area contributed by atoms with E-state index < -0.39 is 5.97 Å². The summed E-state index contributed by atoms with van der Waals surface area (Å²) in [5, 5.41) is 12.9. The lowest BCUT2D eigenvalue weighted by Gasteiger charge is -2.16. The van der Waals surface area contributed by atoms with Crippen molar-refractivity contribution in [2.75, 3.05) is 13.6 Å². The quantitative estimate of drug-likeness (QED) is 0.819. The van der Waals surface area contributed by atoms with Crippen molar-refractivity contribution in [2.24, 2.45) is 0 Å². The Labute approximate surface area is 97.7 Å². The molecule has 0 spiro atoms. The molecular formula is C10H14N2O3S. The number of nitrogens with zero attached hydrogens (tertiary/aromatic N) is 1. The van der Waals surface area contributed by atoms with Crippen LogP contribution in [0.15, 0.2) is 17.5 Å². The highest BCUT2D eigenvalue weighted by Crippen LogP contribution is 2.10. The van der Waals surface area contributed by atoms with Gasteiger partial charge in [-0.15, -0.1) is 11.3 Å². The first-order valence-electron chi connectivity index (χ1n) is 4.82. The zero-order chi connectivity index (χ0) is 12.0. The zero-order valence-corrected chi connectivity index (χ0v) is 9.79. The molecule has 16 heavy (non-hydrogen) atoms. The highest BCUT2D eigenvalue weighted by molar-refractivity contribution is 7.09. The summed E-state index contributed by atoms with van der Waals surface area (Å²) >= 11 is 1.58. The predicted octanol–water partition coefficient (Wildman–Crippen LogP) is 1.36. The molecule has 0 aliphatic heterocycles. The average Bonchev–Trinajstić information content (AvgIpc) is 2.69. The van der Waals surface area contributed by atoms with E-state index in [0.717, 1.165) is 4.88 Å². The summed E-state index contributed by atoms with van der Waals surface area (Å²) in [4.78, 5) is 24.3. The normalized spacial score (nSPS) is 9.81. The summed E-state index contributed by atoms with van der Waals surface area (Å²) in [5.41, 5.74) is 0. The lowest BCUT2D eigenvalue weighted by atomic mass is 10.4. The van der Waals surface area contributed by atoms with Gasteiger partial charge in [0.15, 0.2) is 0 Å². The fourth-order valence-electron chi connectivity index (χ4n) is 1.12. The van der Waals surface area contributed by atoms with E-state index in [9.17, 15) is 9.59 Å². The van der Waals surface area contributed by atoms with Gasteiger partial charge >= 0.3 is 12.0 Å². The van der Waals surface area contributed by atoms with Crippen molar-refractivity contribution in [3.05, 3.63) is 22.4 Å². The van der Waals surface area contributed by atoms with Gasteiger partial charge in [-0.2, -0.15) is 0 Å². The number of nitrogens with one attached hydrogen (secondary N) is 1. The molecule has 1 aromatic heterocycles. The van der Waals surface area contributed by atoms with E-state index in [0.29, 0.717) is 6.54 Å². The molecule has 0 aromatic carbocycles. The molecule has 6 heteroatoms. The third kappa shape index (κ3) is 4.31. The molecule has 0 aliphatic rings. The monoisotopic (exact) mass is 242 g/mol. The van der Waals surface area contributed by atoms with Crippen molar-refractivity contribution >= 4 is 23.3 Å². The second kappa shape index (κ2) is 6.12. The summed E-state index contributed by atoms with van der Waals surface area (Å²) in [6.45, 7) is 0.694. The predicted molar refractivity (Wildman–Crippen MR) is 61.4 cm³/mol. The molecule has 88 valence electrons. The van der Waals surface area contributed by atoms with Gasteiger partial charge in [-0.05, 0) is 11.4 Å². The van der Waals surface area contributed by atoms with Crippen LogP contribution in [-0.2, 0) is 11.3 Å². The SMILES string of the molecule is CN(Cc1cccs1)C(=O)NCCC(=O)O. The molecule has 0 bridgehead atoms. The highest BCUT2D eigenvalue weighted by Gasteiger charge is 2.09. The number of carboxylic acid groups (broad SMARTS) is 1. The van der Waals surface area contributed by atoms with E-state index in [1.807, 2.05) is 17.5 Å². The van der Waals surface area contributed by atoms with Crippen LogP contribution >= 0.6 is 11.3 Å². The molecule has 0 unspecified atom stereocenters. The van der Waals surface area contributed by atoms with Crippen LogP contribution in [0.3, 0.4) is 0 Å². The second-order valence-corrected chi connectivity index (χ2v) is 4.34. The Kier molecular flexibility index (Phi) is 4.78. The number of aliphatic carboxylic acids is 1. The van der Waals surface area contributed by atoms with Crippen molar-refractivity contribution in [1.29, 1.82) is 0 Å². The standard InChI is InChI=1S/C10H14N2O3S/c1-12(7-8-3-2-6-16-8)10(15)11-5-4-9(13)14/h2-3,6H,4-5,7H2,1H3,(H,11,15)(H,13,14). The van der Waals surface area contributed by atoms with Gasteiger partial charge in [0.25, 0.3) is 0 Å². The highest BCUT2D eigenvalue weighted by atomic mass is 32.1. The van der Waals surface area contributed by atoms with Gasteiger partial charge in [0, 0.05) is 18.5 Å². The fraction of sp³-hybridized carbons (Fsp3) is 0.400. The number of urea groups is 1. The van der Waals surface area contributed by atoms with E-state index in [1.165, 1.54) is 4.90 Å². The Morgan fingerprint density at radius 2 is 2.31 bits per heavy atom. The van der Waals surface area contributed by atoms with Gasteiger partial charge in [0.2, 0.25) is 0 Å². The molecule has 1 rings (SSSR count). The first-order chi connectivity index (χ1) is 7.59. The second-order valence-electron chi connectivity index (χ2n) is 3.31. The number of hydrogen-bond acceptors (Lipinski definition) is 3. The molecular weight excluding hydrogens is 228 g/mol. The van der Waals surface area contributed by atoms with Gasteiger partial charge in [-0.1, -0.05) is 6.07 Å². The lowest BCUT2D eigenvalue weighted by Crippen LogP contribution is -2.37. The van der Waals surface area contributed by atoms with Gasteiger partial charge in [-0.3, -0.25) is 4.79 Å². The summed E-state index contributed by atoms with van der Waals surface area (Å²) < 4.78 is 0. The Bertz CT molecular complexity index is 351. The van der Waals surface area contributed by atoms with Crippen LogP contribution < -0.4 is 5.32 Å².